The lowest BCUT2D eigenvalue weighted by atomic mass is 10.1. The zero-order chi connectivity index (χ0) is 20.8. The van der Waals surface area contributed by atoms with Gasteiger partial charge in [-0.05, 0) is 65.3 Å². The van der Waals surface area contributed by atoms with Crippen molar-refractivity contribution in [3.63, 3.8) is 0 Å². The third-order valence-electron chi connectivity index (χ3n) is 3.95. The van der Waals surface area contributed by atoms with Gasteiger partial charge in [0, 0.05) is 10.9 Å². The first kappa shape index (κ1) is 21.0. The molecule has 0 amide bonds. The molecular weight excluding hydrogens is 458 g/mol. The van der Waals surface area contributed by atoms with Crippen molar-refractivity contribution in [3.05, 3.63) is 74.1 Å². The minimum absolute atomic E-state index is 0.305. The Morgan fingerprint density at radius 1 is 1.10 bits per heavy atom. The molecule has 8 heteroatoms. The van der Waals surface area contributed by atoms with E-state index in [2.05, 4.69) is 20.9 Å². The molecule has 0 saturated heterocycles. The third-order valence-corrected chi connectivity index (χ3v) is 5.39. The van der Waals surface area contributed by atoms with Crippen molar-refractivity contribution in [2.24, 2.45) is 0 Å². The quantitative estimate of drug-likeness (QED) is 0.342. The highest BCUT2D eigenvalue weighted by atomic mass is 79.9. The van der Waals surface area contributed by atoms with E-state index in [1.54, 1.807) is 60.9 Å². The van der Waals surface area contributed by atoms with E-state index in [4.69, 9.17) is 14.2 Å². The van der Waals surface area contributed by atoms with E-state index in [0.717, 1.165) is 10.7 Å². The second kappa shape index (κ2) is 9.67. The monoisotopic (exact) mass is 475 g/mol. The first-order valence-electron chi connectivity index (χ1n) is 8.64. The summed E-state index contributed by atoms with van der Waals surface area (Å²) in [6.45, 7) is 1.95. The fraction of sp³-hybridized carbons (Fsp3) is 0.190. The molecule has 29 heavy (non-hydrogen) atoms. The van der Waals surface area contributed by atoms with Crippen LogP contribution in [0, 0.1) is 6.92 Å². The zero-order valence-electron chi connectivity index (χ0n) is 15.8. The molecule has 0 aliphatic rings. The van der Waals surface area contributed by atoms with Crippen LogP contribution >= 0.6 is 27.3 Å². The van der Waals surface area contributed by atoms with Gasteiger partial charge in [-0.15, -0.1) is 11.3 Å². The lowest BCUT2D eigenvalue weighted by Crippen LogP contribution is -2.14. The Morgan fingerprint density at radius 2 is 1.83 bits per heavy atom. The molecule has 3 aromatic rings. The number of methoxy groups -OCH3 is 1. The highest BCUT2D eigenvalue weighted by Crippen LogP contribution is 2.25. The van der Waals surface area contributed by atoms with Gasteiger partial charge in [0.1, 0.15) is 18.1 Å². The summed E-state index contributed by atoms with van der Waals surface area (Å²) < 4.78 is 16.6. The van der Waals surface area contributed by atoms with Crippen LogP contribution < -0.4 is 9.47 Å². The number of carbonyl (C=O) groups excluding carboxylic acids is 2. The van der Waals surface area contributed by atoms with Crippen molar-refractivity contribution in [3.8, 4) is 11.5 Å². The Labute approximate surface area is 180 Å². The van der Waals surface area contributed by atoms with E-state index in [1.807, 2.05) is 12.3 Å². The molecule has 0 spiro atoms. The number of thiazole rings is 1. The molecule has 0 fully saturated rings. The number of ketones is 1. The number of aromatic nitrogens is 1. The highest BCUT2D eigenvalue weighted by Gasteiger charge is 2.13. The molecule has 0 bridgehead atoms. The molecule has 0 N–H and O–H groups in total. The summed E-state index contributed by atoms with van der Waals surface area (Å²) in [4.78, 5) is 28.8. The fourth-order valence-electron chi connectivity index (χ4n) is 2.46. The van der Waals surface area contributed by atoms with Crippen LogP contribution in [0.3, 0.4) is 0 Å². The normalized spacial score (nSPS) is 10.4. The van der Waals surface area contributed by atoms with Crippen molar-refractivity contribution in [2.45, 2.75) is 13.5 Å². The second-order valence-corrected chi connectivity index (χ2v) is 7.94. The molecule has 0 radical (unpaired) electrons. The third kappa shape index (κ3) is 5.65. The predicted octanol–water partition coefficient (Wildman–Crippen LogP) is 4.84. The van der Waals surface area contributed by atoms with Gasteiger partial charge in [-0.3, -0.25) is 4.79 Å². The maximum atomic E-state index is 12.2. The topological polar surface area (TPSA) is 74.7 Å². The van der Waals surface area contributed by atoms with E-state index >= 15 is 0 Å². The minimum Gasteiger partial charge on any atom is -0.496 e. The van der Waals surface area contributed by atoms with Crippen molar-refractivity contribution < 1.29 is 23.8 Å². The van der Waals surface area contributed by atoms with E-state index in [-0.39, 0.29) is 12.4 Å². The molecule has 1 aromatic heterocycles. The summed E-state index contributed by atoms with van der Waals surface area (Å²) in [5.41, 5.74) is 1.62. The van der Waals surface area contributed by atoms with Crippen molar-refractivity contribution in [1.29, 1.82) is 0 Å². The first-order chi connectivity index (χ1) is 14.0. The van der Waals surface area contributed by atoms with E-state index in [1.165, 1.54) is 0 Å². The number of esters is 1. The average molecular weight is 476 g/mol. The largest absolute Gasteiger partial charge is 0.496 e. The number of rotatable bonds is 8. The number of nitrogens with zero attached hydrogens (tertiary/aromatic N) is 1. The number of hydrogen-bond acceptors (Lipinski definition) is 7. The van der Waals surface area contributed by atoms with Crippen molar-refractivity contribution in [2.75, 3.05) is 13.7 Å². The van der Waals surface area contributed by atoms with Gasteiger partial charge in [-0.1, -0.05) is 0 Å². The molecule has 0 atom stereocenters. The molecule has 3 rings (SSSR count). The summed E-state index contributed by atoms with van der Waals surface area (Å²) in [5.74, 6) is 0.352. The number of ether oxygens (including phenoxy) is 3. The Bertz CT molecular complexity index is 1020. The molecule has 0 saturated carbocycles. The predicted molar refractivity (Wildman–Crippen MR) is 113 cm³/mol. The van der Waals surface area contributed by atoms with E-state index in [0.29, 0.717) is 33.7 Å². The Morgan fingerprint density at radius 3 is 2.45 bits per heavy atom. The van der Waals surface area contributed by atoms with Gasteiger partial charge in [0.2, 0.25) is 0 Å². The van der Waals surface area contributed by atoms with Crippen LogP contribution in [0.1, 0.15) is 31.4 Å². The van der Waals surface area contributed by atoms with Crippen LogP contribution in [0.4, 0.5) is 0 Å². The van der Waals surface area contributed by atoms with Crippen molar-refractivity contribution in [1.82, 2.24) is 4.98 Å². The number of halogens is 1. The van der Waals surface area contributed by atoms with Gasteiger partial charge in [-0.25, -0.2) is 9.78 Å². The molecular formula is C21H18BrNO5S. The van der Waals surface area contributed by atoms with Gasteiger partial charge in [0.15, 0.2) is 12.4 Å². The van der Waals surface area contributed by atoms with Crippen molar-refractivity contribution >= 4 is 39.0 Å². The highest BCUT2D eigenvalue weighted by molar-refractivity contribution is 9.10. The fourth-order valence-corrected chi connectivity index (χ4v) is 3.59. The summed E-state index contributed by atoms with van der Waals surface area (Å²) in [7, 11) is 1.54. The molecule has 1 heterocycles. The maximum absolute atomic E-state index is 12.2. The standard InChI is InChI=1S/C21H18BrNO5S/c1-13-23-16(12-29-13)10-27-17-6-3-14(4-7-17)21(25)28-11-19(24)15-5-8-20(26-2)18(22)9-15/h3-9,12H,10-11H2,1-2H3. The summed E-state index contributed by atoms with van der Waals surface area (Å²) >= 11 is 4.89. The molecule has 0 unspecified atom stereocenters. The summed E-state index contributed by atoms with van der Waals surface area (Å²) in [6.07, 6.45) is 0. The minimum atomic E-state index is -0.576. The molecule has 6 nitrogen and oxygen atoms in total. The van der Waals surface area contributed by atoms with Gasteiger partial charge >= 0.3 is 5.97 Å². The van der Waals surface area contributed by atoms with E-state index < -0.39 is 5.97 Å². The van der Waals surface area contributed by atoms with Crippen LogP contribution in [0.2, 0.25) is 0 Å². The van der Waals surface area contributed by atoms with Gasteiger partial charge in [0.05, 0.1) is 27.8 Å². The Balaban J connectivity index is 1.52. The molecule has 150 valence electrons. The average Bonchev–Trinajstić information content (AvgIpc) is 3.15. The van der Waals surface area contributed by atoms with Crippen LogP contribution in [-0.4, -0.2) is 30.5 Å². The number of benzene rings is 2. The van der Waals surface area contributed by atoms with Crippen LogP contribution in [0.25, 0.3) is 0 Å². The number of carbonyl (C=O) groups is 2. The Kier molecular flexibility index (Phi) is 7.00. The number of Topliss-reactive ketones (excluding diaryl/α,β-unsaturated/α-hetero) is 1. The maximum Gasteiger partial charge on any atom is 0.338 e. The van der Waals surface area contributed by atoms with E-state index in [9.17, 15) is 9.59 Å². The van der Waals surface area contributed by atoms with Crippen LogP contribution in [-0.2, 0) is 11.3 Å². The first-order valence-corrected chi connectivity index (χ1v) is 10.3. The molecule has 0 aliphatic carbocycles. The SMILES string of the molecule is COc1ccc(C(=O)COC(=O)c2ccc(OCc3csc(C)n3)cc2)cc1Br. The van der Waals surface area contributed by atoms with Gasteiger partial charge in [0.25, 0.3) is 0 Å². The van der Waals surface area contributed by atoms with Gasteiger partial charge < -0.3 is 14.2 Å². The Hall–Kier alpha value is -2.71. The zero-order valence-corrected chi connectivity index (χ0v) is 18.2. The second-order valence-electron chi connectivity index (χ2n) is 6.02. The molecule has 0 aliphatic heterocycles. The van der Waals surface area contributed by atoms with Gasteiger partial charge in [-0.2, -0.15) is 0 Å². The lowest BCUT2D eigenvalue weighted by Gasteiger charge is -2.08. The van der Waals surface area contributed by atoms with Crippen LogP contribution in [0.5, 0.6) is 11.5 Å². The number of hydrogen-bond donors (Lipinski definition) is 0. The summed E-state index contributed by atoms with van der Waals surface area (Å²) in [5, 5.41) is 2.93. The van der Waals surface area contributed by atoms with Crippen LogP contribution in [0.15, 0.2) is 52.3 Å². The molecule has 2 aromatic carbocycles. The lowest BCUT2D eigenvalue weighted by molar-refractivity contribution is 0.0474. The smallest absolute Gasteiger partial charge is 0.338 e. The summed E-state index contributed by atoms with van der Waals surface area (Å²) in [6, 6.07) is 11.5. The number of aryl methyl sites for hydroxylation is 1.